The number of rotatable bonds is 5. The summed E-state index contributed by atoms with van der Waals surface area (Å²) in [5, 5.41) is 3.04. The minimum Gasteiger partial charge on any atom is -0.340 e. The number of aryl methyl sites for hydroxylation is 1. The van der Waals surface area contributed by atoms with Crippen molar-refractivity contribution in [1.29, 1.82) is 0 Å². The van der Waals surface area contributed by atoms with Crippen LogP contribution in [0, 0.1) is 12.8 Å². The molecule has 17 heavy (non-hydrogen) atoms. The fourth-order valence-electron chi connectivity index (χ4n) is 1.86. The van der Waals surface area contributed by atoms with Crippen LogP contribution < -0.4 is 5.73 Å². The van der Waals surface area contributed by atoms with Crippen molar-refractivity contribution in [3.05, 3.63) is 16.1 Å². The first-order valence-electron chi connectivity index (χ1n) is 5.97. The predicted molar refractivity (Wildman–Crippen MR) is 68.6 cm³/mol. The highest BCUT2D eigenvalue weighted by atomic mass is 32.1. The molecule has 0 spiro atoms. The summed E-state index contributed by atoms with van der Waals surface area (Å²) in [6.07, 6.45) is 2.83. The highest BCUT2D eigenvalue weighted by Gasteiger charge is 2.30. The first kappa shape index (κ1) is 12.5. The minimum atomic E-state index is 0.0436. The molecule has 1 atom stereocenters. The van der Waals surface area contributed by atoms with Gasteiger partial charge in [-0.1, -0.05) is 0 Å². The number of nitrogens with zero attached hydrogens (tertiary/aromatic N) is 2. The van der Waals surface area contributed by atoms with E-state index in [4.69, 9.17) is 5.73 Å². The monoisotopic (exact) mass is 253 g/mol. The molecular weight excluding hydrogens is 234 g/mol. The van der Waals surface area contributed by atoms with Gasteiger partial charge in [-0.3, -0.25) is 4.79 Å². The van der Waals surface area contributed by atoms with Crippen molar-refractivity contribution in [3.8, 4) is 0 Å². The molecule has 1 aromatic heterocycles. The molecule has 2 rings (SSSR count). The first-order valence-corrected chi connectivity index (χ1v) is 6.85. The molecular formula is C12H19N3OS. The van der Waals surface area contributed by atoms with Gasteiger partial charge in [0.15, 0.2) is 0 Å². The van der Waals surface area contributed by atoms with E-state index in [2.05, 4.69) is 4.98 Å². The number of nitrogens with two attached hydrogens (primary N) is 1. The normalized spacial score (nSPS) is 16.9. The molecule has 2 N–H and O–H groups in total. The van der Waals surface area contributed by atoms with E-state index in [1.807, 2.05) is 19.4 Å². The lowest BCUT2D eigenvalue weighted by Gasteiger charge is -2.18. The maximum atomic E-state index is 11.9. The van der Waals surface area contributed by atoms with E-state index in [1.54, 1.807) is 16.2 Å². The second kappa shape index (κ2) is 5.14. The molecule has 1 aromatic rings. The van der Waals surface area contributed by atoms with E-state index in [0.29, 0.717) is 18.9 Å². The summed E-state index contributed by atoms with van der Waals surface area (Å²) >= 11 is 1.61. The van der Waals surface area contributed by atoms with Gasteiger partial charge in [-0.15, -0.1) is 11.3 Å². The maximum absolute atomic E-state index is 11.9. The summed E-state index contributed by atoms with van der Waals surface area (Å²) in [6.45, 7) is 2.56. The highest BCUT2D eigenvalue weighted by Crippen LogP contribution is 2.32. The Morgan fingerprint density at radius 1 is 1.71 bits per heavy atom. The Bertz CT molecular complexity index is 400. The summed E-state index contributed by atoms with van der Waals surface area (Å²) in [4.78, 5) is 18.0. The molecule has 0 aromatic carbocycles. The number of carbonyl (C=O) groups is 1. The van der Waals surface area contributed by atoms with Gasteiger partial charge in [-0.2, -0.15) is 0 Å². The Morgan fingerprint density at radius 3 is 2.94 bits per heavy atom. The predicted octanol–water partition coefficient (Wildman–Crippen LogP) is 1.54. The molecule has 0 bridgehead atoms. The van der Waals surface area contributed by atoms with E-state index < -0.39 is 0 Å². The van der Waals surface area contributed by atoms with E-state index in [0.717, 1.165) is 10.7 Å². The molecule has 1 aliphatic rings. The lowest BCUT2D eigenvalue weighted by atomic mass is 10.1. The summed E-state index contributed by atoms with van der Waals surface area (Å²) in [7, 11) is 1.82. The minimum absolute atomic E-state index is 0.0436. The van der Waals surface area contributed by atoms with Crippen molar-refractivity contribution in [2.75, 3.05) is 7.05 Å². The molecule has 4 nitrogen and oxygen atoms in total. The van der Waals surface area contributed by atoms with Gasteiger partial charge >= 0.3 is 0 Å². The zero-order valence-corrected chi connectivity index (χ0v) is 11.2. The fraction of sp³-hybridized carbons (Fsp3) is 0.667. The largest absolute Gasteiger partial charge is 0.340 e. The molecule has 94 valence electrons. The molecule has 0 radical (unpaired) electrons. The number of hydrogen-bond donors (Lipinski definition) is 1. The molecule has 1 saturated carbocycles. The van der Waals surface area contributed by atoms with E-state index in [-0.39, 0.29) is 11.9 Å². The quantitative estimate of drug-likeness (QED) is 0.866. The Hall–Kier alpha value is -0.940. The molecule has 1 fully saturated rings. The van der Waals surface area contributed by atoms with Gasteiger partial charge in [-0.25, -0.2) is 4.98 Å². The van der Waals surface area contributed by atoms with Crippen LogP contribution in [0.5, 0.6) is 0 Å². The van der Waals surface area contributed by atoms with E-state index in [9.17, 15) is 4.79 Å². The molecule has 0 aliphatic heterocycles. The summed E-state index contributed by atoms with van der Waals surface area (Å²) in [5.41, 5.74) is 6.92. The second-order valence-electron chi connectivity index (χ2n) is 4.81. The van der Waals surface area contributed by atoms with Gasteiger partial charge in [0.1, 0.15) is 0 Å². The van der Waals surface area contributed by atoms with Crippen molar-refractivity contribution in [2.24, 2.45) is 11.7 Å². The standard InChI is InChI=1S/C12H19N3OS/c1-8-14-10(7-17-8)6-15(2)12(16)5-11(13)9-3-4-9/h7,9,11H,3-6,13H2,1-2H3. The number of carbonyl (C=O) groups excluding carboxylic acids is 1. The van der Waals surface area contributed by atoms with Crippen LogP contribution >= 0.6 is 11.3 Å². The Balaban J connectivity index is 1.82. The Morgan fingerprint density at radius 2 is 2.41 bits per heavy atom. The van der Waals surface area contributed by atoms with Gasteiger partial charge in [0.2, 0.25) is 5.91 Å². The van der Waals surface area contributed by atoms with Crippen molar-refractivity contribution in [3.63, 3.8) is 0 Å². The zero-order chi connectivity index (χ0) is 12.4. The molecule has 0 saturated heterocycles. The smallest absolute Gasteiger partial charge is 0.224 e. The van der Waals surface area contributed by atoms with Crippen molar-refractivity contribution >= 4 is 17.2 Å². The average molecular weight is 253 g/mol. The van der Waals surface area contributed by atoms with Crippen LogP contribution in [0.25, 0.3) is 0 Å². The summed E-state index contributed by atoms with van der Waals surface area (Å²) < 4.78 is 0. The SMILES string of the molecule is Cc1nc(CN(C)C(=O)CC(N)C2CC2)cs1. The van der Waals surface area contributed by atoms with Gasteiger partial charge in [0.25, 0.3) is 0 Å². The van der Waals surface area contributed by atoms with Gasteiger partial charge < -0.3 is 10.6 Å². The molecule has 1 heterocycles. The fourth-order valence-corrected chi connectivity index (χ4v) is 2.46. The maximum Gasteiger partial charge on any atom is 0.224 e. The van der Waals surface area contributed by atoms with Crippen molar-refractivity contribution < 1.29 is 4.79 Å². The topological polar surface area (TPSA) is 59.2 Å². The van der Waals surface area contributed by atoms with Crippen LogP contribution in [0.2, 0.25) is 0 Å². The van der Waals surface area contributed by atoms with Crippen LogP contribution in [0.1, 0.15) is 30.0 Å². The van der Waals surface area contributed by atoms with Crippen molar-refractivity contribution in [1.82, 2.24) is 9.88 Å². The van der Waals surface area contributed by atoms with Crippen LogP contribution in [-0.2, 0) is 11.3 Å². The van der Waals surface area contributed by atoms with Gasteiger partial charge in [0, 0.05) is 24.9 Å². The van der Waals surface area contributed by atoms with Crippen LogP contribution in [0.3, 0.4) is 0 Å². The van der Waals surface area contributed by atoms with Crippen LogP contribution in [0.4, 0.5) is 0 Å². The third-order valence-electron chi connectivity index (χ3n) is 3.13. The lowest BCUT2D eigenvalue weighted by molar-refractivity contribution is -0.130. The molecule has 1 aliphatic carbocycles. The van der Waals surface area contributed by atoms with Gasteiger partial charge in [0.05, 0.1) is 17.2 Å². The Labute approximate surface area is 106 Å². The molecule has 5 heteroatoms. The van der Waals surface area contributed by atoms with Gasteiger partial charge in [-0.05, 0) is 25.7 Å². The lowest BCUT2D eigenvalue weighted by Crippen LogP contribution is -2.34. The van der Waals surface area contributed by atoms with E-state index in [1.165, 1.54) is 12.8 Å². The zero-order valence-electron chi connectivity index (χ0n) is 10.3. The van der Waals surface area contributed by atoms with Crippen LogP contribution in [0.15, 0.2) is 5.38 Å². The molecule has 1 amide bonds. The third kappa shape index (κ3) is 3.51. The van der Waals surface area contributed by atoms with Crippen molar-refractivity contribution in [2.45, 2.75) is 38.8 Å². The van der Waals surface area contributed by atoms with E-state index >= 15 is 0 Å². The summed E-state index contributed by atoms with van der Waals surface area (Å²) in [6, 6.07) is 0.0436. The molecule has 1 unspecified atom stereocenters. The third-order valence-corrected chi connectivity index (χ3v) is 3.95. The average Bonchev–Trinajstić information content (AvgIpc) is 3.04. The first-order chi connectivity index (χ1) is 8.06. The highest BCUT2D eigenvalue weighted by molar-refractivity contribution is 7.09. The number of hydrogen-bond acceptors (Lipinski definition) is 4. The number of thiazole rings is 1. The number of aromatic nitrogens is 1. The second-order valence-corrected chi connectivity index (χ2v) is 5.88. The Kier molecular flexibility index (Phi) is 3.79. The van der Waals surface area contributed by atoms with Crippen LogP contribution in [-0.4, -0.2) is 28.9 Å². The number of amides is 1. The summed E-state index contributed by atoms with van der Waals surface area (Å²) in [5.74, 6) is 0.698.